The first-order valence-electron chi connectivity index (χ1n) is 9.07. The zero-order chi connectivity index (χ0) is 19.0. The van der Waals surface area contributed by atoms with Crippen molar-refractivity contribution in [2.45, 2.75) is 20.8 Å². The van der Waals surface area contributed by atoms with Crippen LogP contribution in [0.25, 0.3) is 28.1 Å². The molecule has 1 aromatic heterocycles. The molecule has 3 heteroatoms. The van der Waals surface area contributed by atoms with E-state index in [1.807, 2.05) is 47.1 Å². The Bertz CT molecular complexity index is 1110. The van der Waals surface area contributed by atoms with Crippen molar-refractivity contribution in [2.75, 3.05) is 0 Å². The van der Waals surface area contributed by atoms with Gasteiger partial charge in [-0.3, -0.25) is 0 Å². The monoisotopic (exact) mass is 354 g/mol. The Kier molecular flexibility index (Phi) is 4.28. The standard InChI is InChI=1S/C24H22N2O/c1-16-12-14-19(15-13-16)22-23(20-10-6-4-8-17(20)2)26(25-24(22)27)21-11-7-5-9-18(21)3/h4-15H,1-3H3,(H,25,27). The highest BCUT2D eigenvalue weighted by Crippen LogP contribution is 2.41. The molecule has 4 aromatic rings. The summed E-state index contributed by atoms with van der Waals surface area (Å²) in [5.41, 5.74) is 8.06. The van der Waals surface area contributed by atoms with Gasteiger partial charge in [-0.05, 0) is 43.5 Å². The molecule has 0 aliphatic rings. The van der Waals surface area contributed by atoms with Crippen LogP contribution in [0.5, 0.6) is 5.88 Å². The van der Waals surface area contributed by atoms with Gasteiger partial charge in [0, 0.05) is 5.56 Å². The van der Waals surface area contributed by atoms with Gasteiger partial charge in [0.2, 0.25) is 5.88 Å². The normalized spacial score (nSPS) is 10.9. The van der Waals surface area contributed by atoms with E-state index in [0.717, 1.165) is 39.2 Å². The van der Waals surface area contributed by atoms with Gasteiger partial charge in [0.05, 0.1) is 16.9 Å². The maximum Gasteiger partial charge on any atom is 0.239 e. The number of para-hydroxylation sites is 1. The van der Waals surface area contributed by atoms with Gasteiger partial charge in [-0.15, -0.1) is 5.10 Å². The molecule has 3 aromatic carbocycles. The van der Waals surface area contributed by atoms with Crippen molar-refractivity contribution in [3.63, 3.8) is 0 Å². The summed E-state index contributed by atoms with van der Waals surface area (Å²) in [6.45, 7) is 6.20. The molecule has 3 nitrogen and oxygen atoms in total. The summed E-state index contributed by atoms with van der Waals surface area (Å²) < 4.78 is 1.86. The molecule has 0 radical (unpaired) electrons. The number of benzene rings is 3. The van der Waals surface area contributed by atoms with E-state index in [9.17, 15) is 5.11 Å². The summed E-state index contributed by atoms with van der Waals surface area (Å²) in [7, 11) is 0. The Hall–Kier alpha value is -3.33. The summed E-state index contributed by atoms with van der Waals surface area (Å²) in [5.74, 6) is 0.0420. The first-order valence-corrected chi connectivity index (χ1v) is 9.07. The Morgan fingerprint density at radius 1 is 0.741 bits per heavy atom. The fourth-order valence-corrected chi connectivity index (χ4v) is 3.46. The van der Waals surface area contributed by atoms with Crippen LogP contribution in [0.3, 0.4) is 0 Å². The maximum absolute atomic E-state index is 10.8. The Morgan fingerprint density at radius 2 is 1.37 bits per heavy atom. The lowest BCUT2D eigenvalue weighted by Gasteiger charge is -2.14. The molecule has 0 bridgehead atoms. The lowest BCUT2D eigenvalue weighted by atomic mass is 9.97. The van der Waals surface area contributed by atoms with Crippen LogP contribution >= 0.6 is 0 Å². The van der Waals surface area contributed by atoms with E-state index in [1.165, 1.54) is 5.56 Å². The molecule has 0 spiro atoms. The van der Waals surface area contributed by atoms with E-state index in [0.29, 0.717) is 0 Å². The molecule has 0 aliphatic carbocycles. The predicted octanol–water partition coefficient (Wildman–Crippen LogP) is 5.84. The average molecular weight is 354 g/mol. The van der Waals surface area contributed by atoms with Gasteiger partial charge >= 0.3 is 0 Å². The molecule has 0 aliphatic heterocycles. The highest BCUT2D eigenvalue weighted by molar-refractivity contribution is 5.87. The predicted molar refractivity (Wildman–Crippen MR) is 110 cm³/mol. The van der Waals surface area contributed by atoms with Crippen molar-refractivity contribution in [3.8, 4) is 34.0 Å². The number of hydrogen-bond donors (Lipinski definition) is 1. The SMILES string of the molecule is Cc1ccc(-c2c(O)nn(-c3ccccc3C)c2-c2ccccc2C)cc1. The second kappa shape index (κ2) is 6.76. The van der Waals surface area contributed by atoms with Gasteiger partial charge < -0.3 is 5.11 Å². The molecule has 1 N–H and O–H groups in total. The third-order valence-corrected chi connectivity index (χ3v) is 4.95. The zero-order valence-electron chi connectivity index (χ0n) is 15.8. The van der Waals surface area contributed by atoms with Crippen LogP contribution < -0.4 is 0 Å². The van der Waals surface area contributed by atoms with Crippen molar-refractivity contribution >= 4 is 0 Å². The average Bonchev–Trinajstić information content (AvgIpc) is 3.00. The smallest absolute Gasteiger partial charge is 0.239 e. The molecular formula is C24H22N2O. The summed E-state index contributed by atoms with van der Waals surface area (Å²) >= 11 is 0. The van der Waals surface area contributed by atoms with Gasteiger partial charge in [-0.25, -0.2) is 4.68 Å². The molecule has 1 heterocycles. The first-order chi connectivity index (χ1) is 13.1. The van der Waals surface area contributed by atoms with Gasteiger partial charge in [-0.2, -0.15) is 0 Å². The summed E-state index contributed by atoms with van der Waals surface area (Å²) in [4.78, 5) is 0. The number of rotatable bonds is 3. The van der Waals surface area contributed by atoms with Gasteiger partial charge in [0.15, 0.2) is 0 Å². The first kappa shape index (κ1) is 17.1. The second-order valence-electron chi connectivity index (χ2n) is 6.93. The largest absolute Gasteiger partial charge is 0.492 e. The van der Waals surface area contributed by atoms with Crippen molar-refractivity contribution in [1.82, 2.24) is 9.78 Å². The van der Waals surface area contributed by atoms with E-state index in [-0.39, 0.29) is 5.88 Å². The topological polar surface area (TPSA) is 38.1 Å². The van der Waals surface area contributed by atoms with Crippen molar-refractivity contribution in [2.24, 2.45) is 0 Å². The van der Waals surface area contributed by atoms with E-state index < -0.39 is 0 Å². The Labute approximate surface area is 159 Å². The maximum atomic E-state index is 10.8. The molecule has 4 rings (SSSR count). The van der Waals surface area contributed by atoms with Crippen LogP contribution in [0.1, 0.15) is 16.7 Å². The fourth-order valence-electron chi connectivity index (χ4n) is 3.46. The van der Waals surface area contributed by atoms with Crippen LogP contribution in [0.4, 0.5) is 0 Å². The van der Waals surface area contributed by atoms with Crippen molar-refractivity contribution in [1.29, 1.82) is 0 Å². The van der Waals surface area contributed by atoms with Gasteiger partial charge in [-0.1, -0.05) is 72.3 Å². The number of aromatic nitrogens is 2. The van der Waals surface area contributed by atoms with Crippen molar-refractivity contribution in [3.05, 3.63) is 89.5 Å². The number of aryl methyl sites for hydroxylation is 3. The van der Waals surface area contributed by atoms with E-state index in [4.69, 9.17) is 0 Å². The molecule has 0 saturated heterocycles. The van der Waals surface area contributed by atoms with E-state index in [2.05, 4.69) is 56.2 Å². The Morgan fingerprint density at radius 3 is 2.04 bits per heavy atom. The molecule has 0 amide bonds. The quantitative estimate of drug-likeness (QED) is 0.502. The zero-order valence-corrected chi connectivity index (χ0v) is 15.8. The third-order valence-electron chi connectivity index (χ3n) is 4.95. The fraction of sp³-hybridized carbons (Fsp3) is 0.125. The molecule has 27 heavy (non-hydrogen) atoms. The minimum atomic E-state index is 0.0420. The van der Waals surface area contributed by atoms with Crippen molar-refractivity contribution < 1.29 is 5.11 Å². The Balaban J connectivity index is 2.07. The van der Waals surface area contributed by atoms with Crippen LogP contribution in [-0.4, -0.2) is 14.9 Å². The number of hydrogen-bond acceptors (Lipinski definition) is 2. The molecule has 0 fully saturated rings. The molecule has 0 atom stereocenters. The number of aromatic hydroxyl groups is 1. The minimum Gasteiger partial charge on any atom is -0.492 e. The van der Waals surface area contributed by atoms with Crippen LogP contribution in [0.2, 0.25) is 0 Å². The van der Waals surface area contributed by atoms with Gasteiger partial charge in [0.25, 0.3) is 0 Å². The molecular weight excluding hydrogens is 332 g/mol. The number of nitrogens with zero attached hydrogens (tertiary/aromatic N) is 2. The summed E-state index contributed by atoms with van der Waals surface area (Å²) in [6, 6.07) is 24.5. The van der Waals surface area contributed by atoms with E-state index >= 15 is 0 Å². The van der Waals surface area contributed by atoms with E-state index in [1.54, 1.807) is 0 Å². The minimum absolute atomic E-state index is 0.0420. The molecule has 0 saturated carbocycles. The van der Waals surface area contributed by atoms with Gasteiger partial charge in [0.1, 0.15) is 0 Å². The highest BCUT2D eigenvalue weighted by atomic mass is 16.3. The van der Waals surface area contributed by atoms with Crippen LogP contribution in [-0.2, 0) is 0 Å². The molecule has 134 valence electrons. The molecule has 0 unspecified atom stereocenters. The lowest BCUT2D eigenvalue weighted by molar-refractivity contribution is 0.449. The second-order valence-corrected chi connectivity index (χ2v) is 6.93. The highest BCUT2D eigenvalue weighted by Gasteiger charge is 2.23. The van der Waals surface area contributed by atoms with Crippen LogP contribution in [0.15, 0.2) is 72.8 Å². The lowest BCUT2D eigenvalue weighted by Crippen LogP contribution is -2.02. The third kappa shape index (κ3) is 3.02. The summed E-state index contributed by atoms with van der Waals surface area (Å²) in [5, 5.41) is 15.3. The summed E-state index contributed by atoms with van der Waals surface area (Å²) in [6.07, 6.45) is 0. The van der Waals surface area contributed by atoms with Crippen LogP contribution in [0, 0.1) is 20.8 Å².